The number of H-pyrrole nitrogens is 1. The van der Waals surface area contributed by atoms with Gasteiger partial charge in [0.15, 0.2) is 5.52 Å². The molecule has 0 fully saturated rings. The Kier molecular flexibility index (Phi) is 5.26. The predicted molar refractivity (Wildman–Crippen MR) is 91.1 cm³/mol. The van der Waals surface area contributed by atoms with Crippen molar-refractivity contribution >= 4 is 17.1 Å². The van der Waals surface area contributed by atoms with Gasteiger partial charge >= 0.3 is 6.09 Å². The molecule has 132 valence electrons. The lowest BCUT2D eigenvalue weighted by molar-refractivity contribution is 0.0528. The molecule has 24 heavy (non-hydrogen) atoms. The maximum absolute atomic E-state index is 12.3. The molecule has 8 heteroatoms. The van der Waals surface area contributed by atoms with E-state index in [-0.39, 0.29) is 5.56 Å². The highest BCUT2D eigenvalue weighted by molar-refractivity contribution is 5.76. The largest absolute Gasteiger partial charge is 0.444 e. The lowest BCUT2D eigenvalue weighted by Crippen LogP contribution is -2.33. The van der Waals surface area contributed by atoms with Gasteiger partial charge in [-0.1, -0.05) is 13.3 Å². The average Bonchev–Trinajstić information content (AvgIpc) is 2.74. The maximum Gasteiger partial charge on any atom is 0.407 e. The summed E-state index contributed by atoms with van der Waals surface area (Å²) < 4.78 is 6.73. The molecule has 0 saturated carbocycles. The Morgan fingerprint density at radius 2 is 2.04 bits per heavy atom. The first-order chi connectivity index (χ1) is 11.2. The summed E-state index contributed by atoms with van der Waals surface area (Å²) in [6.07, 6.45) is 1.61. The number of fused-ring (bicyclic) bond motifs is 1. The number of amides is 1. The minimum atomic E-state index is -0.541. The summed E-state index contributed by atoms with van der Waals surface area (Å²) in [5.41, 5.74) is 1.17. The van der Waals surface area contributed by atoms with E-state index in [0.717, 1.165) is 18.5 Å². The van der Waals surface area contributed by atoms with Crippen LogP contribution in [0, 0.1) is 0 Å². The zero-order chi connectivity index (χ0) is 17.9. The first kappa shape index (κ1) is 18.0. The lowest BCUT2D eigenvalue weighted by atomic mass is 10.2. The van der Waals surface area contributed by atoms with Crippen molar-refractivity contribution < 1.29 is 9.53 Å². The number of aromatic amines is 1. The molecule has 0 aliphatic carbocycles. The van der Waals surface area contributed by atoms with E-state index in [2.05, 4.69) is 27.3 Å². The summed E-state index contributed by atoms with van der Waals surface area (Å²) in [5.74, 6) is 0.522. The first-order valence-electron chi connectivity index (χ1n) is 8.13. The van der Waals surface area contributed by atoms with Gasteiger partial charge in [-0.05, 0) is 27.2 Å². The highest BCUT2D eigenvalue weighted by atomic mass is 16.6. The number of carbonyl (C=O) groups excluding carboxylic acids is 1. The first-order valence-corrected chi connectivity index (χ1v) is 8.13. The summed E-state index contributed by atoms with van der Waals surface area (Å²) in [6, 6.07) is 0. The number of rotatable bonds is 5. The number of alkyl carbamates (subject to hydrolysis) is 1. The number of hydrogen-bond acceptors (Lipinski definition) is 5. The van der Waals surface area contributed by atoms with E-state index in [1.54, 1.807) is 32.5 Å². The van der Waals surface area contributed by atoms with Crippen molar-refractivity contribution in [3.05, 3.63) is 21.9 Å². The molecule has 1 amide bonds. The van der Waals surface area contributed by atoms with Crippen molar-refractivity contribution in [2.24, 2.45) is 7.05 Å². The molecule has 2 N–H and O–H groups in total. The Bertz CT molecular complexity index is 785. The summed E-state index contributed by atoms with van der Waals surface area (Å²) in [5, 5.41) is 7.03. The van der Waals surface area contributed by atoms with Crippen LogP contribution < -0.4 is 10.9 Å². The van der Waals surface area contributed by atoms with Crippen molar-refractivity contribution in [1.29, 1.82) is 0 Å². The fraction of sp³-hybridized carbons (Fsp3) is 0.625. The number of aryl methyl sites for hydroxylation is 2. The van der Waals surface area contributed by atoms with Crippen LogP contribution in [0.15, 0.2) is 4.79 Å². The quantitative estimate of drug-likeness (QED) is 0.865. The van der Waals surface area contributed by atoms with Gasteiger partial charge in [0, 0.05) is 20.0 Å². The molecule has 8 nitrogen and oxygen atoms in total. The smallest absolute Gasteiger partial charge is 0.407 e. The van der Waals surface area contributed by atoms with Gasteiger partial charge in [-0.25, -0.2) is 9.78 Å². The molecule has 2 aromatic rings. The molecule has 0 unspecified atom stereocenters. The standard InChI is InChI=1S/C16H25N5O3/c1-6-7-10-12-13(21(5)20-10)14(22)19-11(18-12)8-9-17-15(23)24-16(2,3)4/h6-9H2,1-5H3,(H,17,23)(H,18,19,22). The second kappa shape index (κ2) is 7.02. The third-order valence-corrected chi connectivity index (χ3v) is 3.33. The second-order valence-electron chi connectivity index (χ2n) is 6.71. The van der Waals surface area contributed by atoms with Crippen LogP contribution in [0.5, 0.6) is 0 Å². The summed E-state index contributed by atoms with van der Waals surface area (Å²) in [6.45, 7) is 7.79. The number of nitrogens with one attached hydrogen (secondary N) is 2. The third-order valence-electron chi connectivity index (χ3n) is 3.33. The number of ether oxygens (including phenoxy) is 1. The lowest BCUT2D eigenvalue weighted by Gasteiger charge is -2.19. The van der Waals surface area contributed by atoms with Crippen LogP contribution >= 0.6 is 0 Å². The maximum atomic E-state index is 12.3. The van der Waals surface area contributed by atoms with Crippen LogP contribution in [0.2, 0.25) is 0 Å². The average molecular weight is 335 g/mol. The van der Waals surface area contributed by atoms with Gasteiger partial charge in [0.2, 0.25) is 0 Å². The number of nitrogens with zero attached hydrogens (tertiary/aromatic N) is 3. The molecule has 0 aliphatic heterocycles. The van der Waals surface area contributed by atoms with E-state index in [0.29, 0.717) is 29.8 Å². The normalized spacial score (nSPS) is 11.7. The summed E-state index contributed by atoms with van der Waals surface area (Å²) in [7, 11) is 1.74. The minimum absolute atomic E-state index is 0.218. The molecule has 2 heterocycles. The Morgan fingerprint density at radius 1 is 1.33 bits per heavy atom. The van der Waals surface area contributed by atoms with Crippen LogP contribution in [0.25, 0.3) is 11.0 Å². The van der Waals surface area contributed by atoms with Gasteiger partial charge in [-0.15, -0.1) is 0 Å². The summed E-state index contributed by atoms with van der Waals surface area (Å²) in [4.78, 5) is 31.2. The Hall–Kier alpha value is -2.38. The number of hydrogen-bond donors (Lipinski definition) is 2. The van der Waals surface area contributed by atoms with E-state index in [1.165, 1.54) is 0 Å². The van der Waals surface area contributed by atoms with Crippen LogP contribution in [0.4, 0.5) is 4.79 Å². The van der Waals surface area contributed by atoms with Gasteiger partial charge in [-0.3, -0.25) is 9.48 Å². The molecule has 0 atom stereocenters. The Labute approximate surface area is 140 Å². The van der Waals surface area contributed by atoms with E-state index in [9.17, 15) is 9.59 Å². The Morgan fingerprint density at radius 3 is 2.67 bits per heavy atom. The van der Waals surface area contributed by atoms with E-state index >= 15 is 0 Å². The van der Waals surface area contributed by atoms with Crippen LogP contribution in [0.1, 0.15) is 45.6 Å². The zero-order valence-electron chi connectivity index (χ0n) is 14.9. The van der Waals surface area contributed by atoms with Gasteiger partial charge in [0.05, 0.1) is 5.69 Å². The van der Waals surface area contributed by atoms with Crippen molar-refractivity contribution in [3.63, 3.8) is 0 Å². The number of carbonyl (C=O) groups is 1. The topological polar surface area (TPSA) is 102 Å². The summed E-state index contributed by atoms with van der Waals surface area (Å²) >= 11 is 0. The molecular formula is C16H25N5O3. The molecule has 0 bridgehead atoms. The third kappa shape index (κ3) is 4.33. The van der Waals surface area contributed by atoms with Crippen molar-refractivity contribution in [2.45, 2.75) is 52.6 Å². The predicted octanol–water partition coefficient (Wildman–Crippen LogP) is 1.68. The second-order valence-corrected chi connectivity index (χ2v) is 6.71. The van der Waals surface area contributed by atoms with Crippen molar-refractivity contribution in [1.82, 2.24) is 25.1 Å². The molecule has 0 saturated heterocycles. The van der Waals surface area contributed by atoms with Gasteiger partial charge in [-0.2, -0.15) is 5.10 Å². The van der Waals surface area contributed by atoms with Crippen molar-refractivity contribution in [3.8, 4) is 0 Å². The van der Waals surface area contributed by atoms with E-state index < -0.39 is 11.7 Å². The van der Waals surface area contributed by atoms with Gasteiger partial charge in [0.1, 0.15) is 16.9 Å². The highest BCUT2D eigenvalue weighted by Crippen LogP contribution is 2.13. The molecule has 2 rings (SSSR count). The van der Waals surface area contributed by atoms with Gasteiger partial charge in [0.25, 0.3) is 5.56 Å². The minimum Gasteiger partial charge on any atom is -0.444 e. The van der Waals surface area contributed by atoms with Crippen LogP contribution in [0.3, 0.4) is 0 Å². The van der Waals surface area contributed by atoms with E-state index in [1.807, 2.05) is 0 Å². The molecule has 0 aromatic carbocycles. The van der Waals surface area contributed by atoms with Crippen LogP contribution in [-0.2, 0) is 24.6 Å². The molecule has 2 aromatic heterocycles. The fourth-order valence-electron chi connectivity index (χ4n) is 2.41. The molecule has 0 aliphatic rings. The molecular weight excluding hydrogens is 310 g/mol. The highest BCUT2D eigenvalue weighted by Gasteiger charge is 2.17. The zero-order valence-corrected chi connectivity index (χ0v) is 14.9. The van der Waals surface area contributed by atoms with Crippen molar-refractivity contribution in [2.75, 3.05) is 6.54 Å². The number of aromatic nitrogens is 4. The molecule has 0 radical (unpaired) electrons. The molecule has 0 spiro atoms. The van der Waals surface area contributed by atoms with E-state index in [4.69, 9.17) is 4.74 Å². The van der Waals surface area contributed by atoms with Gasteiger partial charge < -0.3 is 15.0 Å². The Balaban J connectivity index is 2.11. The SMILES string of the molecule is CCCc1nn(C)c2c(=O)[nH]c(CCNC(=O)OC(C)(C)C)nc12. The fourth-order valence-corrected chi connectivity index (χ4v) is 2.41. The van der Waals surface area contributed by atoms with Crippen LogP contribution in [-0.4, -0.2) is 38.0 Å². The monoisotopic (exact) mass is 335 g/mol.